The zero-order valence-electron chi connectivity index (χ0n) is 13.2. The molecule has 0 atom stereocenters. The Hall–Kier alpha value is -1.62. The molecule has 1 aromatic rings. The molecule has 0 spiro atoms. The highest BCUT2D eigenvalue weighted by Crippen LogP contribution is 2.29. The number of rotatable bonds is 3. The molecule has 1 saturated heterocycles. The highest BCUT2D eigenvalue weighted by molar-refractivity contribution is 5.79. The summed E-state index contributed by atoms with van der Waals surface area (Å²) in [6.07, 6.45) is 7.91. The van der Waals surface area contributed by atoms with Crippen molar-refractivity contribution in [2.75, 3.05) is 37.6 Å². The van der Waals surface area contributed by atoms with Gasteiger partial charge in [0.25, 0.3) is 0 Å². The fourth-order valence-electron chi connectivity index (χ4n) is 3.64. The Balaban J connectivity index is 1.50. The van der Waals surface area contributed by atoms with Crippen LogP contribution in [0, 0.1) is 11.8 Å². The highest BCUT2D eigenvalue weighted by Gasteiger charge is 2.30. The average molecular weight is 302 g/mol. The molecular weight excluding hydrogens is 276 g/mol. The molecule has 22 heavy (non-hydrogen) atoms. The maximum absolute atomic E-state index is 12.7. The second kappa shape index (κ2) is 7.09. The van der Waals surface area contributed by atoms with Crippen molar-refractivity contribution in [2.45, 2.75) is 25.7 Å². The number of aromatic nitrogens is 1. The summed E-state index contributed by atoms with van der Waals surface area (Å²) in [5.41, 5.74) is 6.93. The van der Waals surface area contributed by atoms with Crippen molar-refractivity contribution in [3.8, 4) is 0 Å². The van der Waals surface area contributed by atoms with E-state index in [9.17, 15) is 4.79 Å². The highest BCUT2D eigenvalue weighted by atomic mass is 16.2. The Bertz CT molecular complexity index is 477. The summed E-state index contributed by atoms with van der Waals surface area (Å²) in [5, 5.41) is 0. The van der Waals surface area contributed by atoms with Gasteiger partial charge in [0.1, 0.15) is 0 Å². The largest absolute Gasteiger partial charge is 0.368 e. The monoisotopic (exact) mass is 302 g/mol. The normalized spacial score (nSPS) is 26.0. The Morgan fingerprint density at radius 3 is 2.32 bits per heavy atom. The van der Waals surface area contributed by atoms with Crippen LogP contribution in [0.25, 0.3) is 0 Å². The molecule has 1 saturated carbocycles. The molecule has 2 N–H and O–H groups in total. The molecule has 1 aliphatic carbocycles. The van der Waals surface area contributed by atoms with Crippen LogP contribution in [-0.2, 0) is 4.79 Å². The lowest BCUT2D eigenvalue weighted by atomic mass is 9.81. The minimum Gasteiger partial charge on any atom is -0.368 e. The van der Waals surface area contributed by atoms with Crippen LogP contribution in [0.2, 0.25) is 0 Å². The van der Waals surface area contributed by atoms with Gasteiger partial charge in [0.05, 0.1) is 0 Å². The lowest BCUT2D eigenvalue weighted by Gasteiger charge is -2.38. The topological polar surface area (TPSA) is 62.5 Å². The number of amides is 1. The number of nitrogens with zero attached hydrogens (tertiary/aromatic N) is 3. The third-order valence-corrected chi connectivity index (χ3v) is 5.15. The van der Waals surface area contributed by atoms with E-state index in [0.29, 0.717) is 11.8 Å². The van der Waals surface area contributed by atoms with Crippen LogP contribution in [0.3, 0.4) is 0 Å². The third-order valence-electron chi connectivity index (χ3n) is 5.15. The molecule has 0 unspecified atom stereocenters. The van der Waals surface area contributed by atoms with Gasteiger partial charge in [0.15, 0.2) is 0 Å². The molecule has 5 nitrogen and oxygen atoms in total. The molecular formula is C17H26N4O. The molecule has 0 aromatic carbocycles. The first-order valence-electron chi connectivity index (χ1n) is 8.41. The van der Waals surface area contributed by atoms with Crippen molar-refractivity contribution in [3.63, 3.8) is 0 Å². The number of pyridine rings is 1. The van der Waals surface area contributed by atoms with Crippen molar-refractivity contribution in [1.82, 2.24) is 9.88 Å². The molecule has 1 amide bonds. The molecule has 2 fully saturated rings. The first-order chi connectivity index (χ1) is 10.8. The van der Waals surface area contributed by atoms with Crippen molar-refractivity contribution in [3.05, 3.63) is 24.5 Å². The number of anilines is 1. The molecule has 0 radical (unpaired) electrons. The lowest BCUT2D eigenvalue weighted by molar-refractivity contribution is -0.137. The van der Waals surface area contributed by atoms with Crippen molar-refractivity contribution >= 4 is 11.6 Å². The van der Waals surface area contributed by atoms with Crippen LogP contribution < -0.4 is 10.6 Å². The number of carbonyl (C=O) groups is 1. The fourth-order valence-corrected chi connectivity index (χ4v) is 3.64. The minimum atomic E-state index is 0.232. The van der Waals surface area contributed by atoms with Gasteiger partial charge in [0, 0.05) is 50.2 Å². The smallest absolute Gasteiger partial charge is 0.225 e. The van der Waals surface area contributed by atoms with Gasteiger partial charge in [0.2, 0.25) is 5.91 Å². The van der Waals surface area contributed by atoms with E-state index in [1.54, 1.807) is 0 Å². The Kier molecular flexibility index (Phi) is 4.93. The van der Waals surface area contributed by atoms with E-state index in [1.807, 2.05) is 24.5 Å². The first kappa shape index (κ1) is 15.3. The van der Waals surface area contributed by atoms with Crippen molar-refractivity contribution < 1.29 is 4.79 Å². The molecule has 3 rings (SSSR count). The maximum atomic E-state index is 12.7. The molecule has 0 bridgehead atoms. The number of hydrogen-bond acceptors (Lipinski definition) is 4. The van der Waals surface area contributed by atoms with Gasteiger partial charge in [-0.15, -0.1) is 0 Å². The number of carbonyl (C=O) groups excluding carboxylic acids is 1. The molecule has 1 aliphatic heterocycles. The quantitative estimate of drug-likeness (QED) is 0.919. The maximum Gasteiger partial charge on any atom is 0.225 e. The van der Waals surface area contributed by atoms with Crippen LogP contribution >= 0.6 is 0 Å². The summed E-state index contributed by atoms with van der Waals surface area (Å²) in [6, 6.07) is 4.07. The van der Waals surface area contributed by atoms with Gasteiger partial charge < -0.3 is 15.5 Å². The summed E-state index contributed by atoms with van der Waals surface area (Å²) in [5.74, 6) is 1.23. The molecule has 1 aromatic heterocycles. The molecule has 5 heteroatoms. The summed E-state index contributed by atoms with van der Waals surface area (Å²) in [7, 11) is 0. The van der Waals surface area contributed by atoms with Crippen LogP contribution in [0.5, 0.6) is 0 Å². The molecule has 120 valence electrons. The van der Waals surface area contributed by atoms with Crippen molar-refractivity contribution in [1.29, 1.82) is 0 Å². The van der Waals surface area contributed by atoms with Crippen LogP contribution in [0.4, 0.5) is 5.69 Å². The van der Waals surface area contributed by atoms with Crippen LogP contribution in [0.15, 0.2) is 24.5 Å². The van der Waals surface area contributed by atoms with E-state index in [2.05, 4.69) is 14.8 Å². The van der Waals surface area contributed by atoms with Gasteiger partial charge in [-0.3, -0.25) is 9.78 Å². The minimum absolute atomic E-state index is 0.232. The fraction of sp³-hybridized carbons (Fsp3) is 0.647. The first-order valence-corrected chi connectivity index (χ1v) is 8.41. The summed E-state index contributed by atoms with van der Waals surface area (Å²) >= 11 is 0. The zero-order chi connectivity index (χ0) is 15.4. The van der Waals surface area contributed by atoms with E-state index in [4.69, 9.17) is 5.73 Å². The number of nitrogens with two attached hydrogens (primary N) is 1. The van der Waals surface area contributed by atoms with Crippen molar-refractivity contribution in [2.24, 2.45) is 17.6 Å². The Labute approximate surface area is 132 Å². The summed E-state index contributed by atoms with van der Waals surface area (Å²) in [6.45, 7) is 4.25. The Morgan fingerprint density at radius 1 is 1.09 bits per heavy atom. The zero-order valence-corrected chi connectivity index (χ0v) is 13.2. The van der Waals surface area contributed by atoms with E-state index in [-0.39, 0.29) is 5.92 Å². The summed E-state index contributed by atoms with van der Waals surface area (Å²) < 4.78 is 0. The van der Waals surface area contributed by atoms with Gasteiger partial charge in [-0.05, 0) is 50.3 Å². The second-order valence-electron chi connectivity index (χ2n) is 6.47. The van der Waals surface area contributed by atoms with E-state index in [1.165, 1.54) is 5.69 Å². The van der Waals surface area contributed by atoms with Gasteiger partial charge >= 0.3 is 0 Å². The SMILES string of the molecule is NCC1CCC(C(=O)N2CCN(c3ccncc3)CC2)CC1. The predicted octanol–water partition coefficient (Wildman–Crippen LogP) is 1.50. The Morgan fingerprint density at radius 2 is 1.73 bits per heavy atom. The summed E-state index contributed by atoms with van der Waals surface area (Å²) in [4.78, 5) is 21.1. The van der Waals surface area contributed by atoms with Gasteiger partial charge in [-0.2, -0.15) is 0 Å². The number of piperazine rings is 1. The van der Waals surface area contributed by atoms with Gasteiger partial charge in [-0.1, -0.05) is 0 Å². The van der Waals surface area contributed by atoms with E-state index < -0.39 is 0 Å². The predicted molar refractivity (Wildman–Crippen MR) is 87.5 cm³/mol. The molecule has 2 aliphatic rings. The lowest BCUT2D eigenvalue weighted by Crippen LogP contribution is -2.50. The third kappa shape index (κ3) is 3.40. The molecule has 2 heterocycles. The van der Waals surface area contributed by atoms with Crippen LogP contribution in [0.1, 0.15) is 25.7 Å². The van der Waals surface area contributed by atoms with Gasteiger partial charge in [-0.25, -0.2) is 0 Å². The van der Waals surface area contributed by atoms with Crippen LogP contribution in [-0.4, -0.2) is 48.5 Å². The standard InChI is InChI=1S/C17H26N4O/c18-13-14-1-3-15(4-2-14)17(22)21-11-9-20(10-12-21)16-5-7-19-8-6-16/h5-8,14-15H,1-4,9-13,18H2. The van der Waals surface area contributed by atoms with E-state index >= 15 is 0 Å². The average Bonchev–Trinajstić information content (AvgIpc) is 2.62. The second-order valence-corrected chi connectivity index (χ2v) is 6.47. The van der Waals surface area contributed by atoms with E-state index in [0.717, 1.165) is 58.4 Å². The number of hydrogen-bond donors (Lipinski definition) is 1.